The minimum absolute atomic E-state index is 0.0482. The summed E-state index contributed by atoms with van der Waals surface area (Å²) in [5.74, 6) is 0.819. The molecule has 22 heavy (non-hydrogen) atoms. The number of carbonyl (C=O) groups excluding carboxylic acids is 1. The third-order valence-corrected chi connectivity index (χ3v) is 3.31. The molecule has 116 valence electrons. The van der Waals surface area contributed by atoms with Crippen LogP contribution in [0.15, 0.2) is 42.7 Å². The van der Waals surface area contributed by atoms with Gasteiger partial charge >= 0.3 is 0 Å². The van der Waals surface area contributed by atoms with E-state index >= 15 is 0 Å². The molecule has 4 nitrogen and oxygen atoms in total. The van der Waals surface area contributed by atoms with Crippen LogP contribution in [0.4, 0.5) is 0 Å². The average molecular weight is 298 g/mol. The number of aromatic nitrogens is 2. The van der Waals surface area contributed by atoms with E-state index in [2.05, 4.69) is 12.0 Å². The van der Waals surface area contributed by atoms with E-state index in [1.54, 1.807) is 36.3 Å². The van der Waals surface area contributed by atoms with Gasteiger partial charge in [-0.1, -0.05) is 38.0 Å². The second-order valence-electron chi connectivity index (χ2n) is 5.22. The molecule has 0 saturated heterocycles. The number of hydrogen-bond donors (Lipinski definition) is 0. The first kappa shape index (κ1) is 16.0. The number of aryl methyl sites for hydroxylation is 1. The Morgan fingerprint density at radius 2 is 2.05 bits per heavy atom. The fraction of sp³-hybridized carbons (Fsp3) is 0.333. The minimum Gasteiger partial charge on any atom is -0.494 e. The molecule has 1 aromatic carbocycles. The molecule has 2 aromatic rings. The van der Waals surface area contributed by atoms with Crippen molar-refractivity contribution in [2.45, 2.75) is 26.2 Å². The molecular formula is C18H22N2O2. The van der Waals surface area contributed by atoms with Crippen molar-refractivity contribution in [2.75, 3.05) is 6.61 Å². The summed E-state index contributed by atoms with van der Waals surface area (Å²) >= 11 is 0. The molecule has 0 bridgehead atoms. The molecule has 0 aliphatic heterocycles. The van der Waals surface area contributed by atoms with Crippen molar-refractivity contribution >= 4 is 11.9 Å². The van der Waals surface area contributed by atoms with E-state index in [9.17, 15) is 4.79 Å². The van der Waals surface area contributed by atoms with Gasteiger partial charge in [0.15, 0.2) is 5.78 Å². The monoisotopic (exact) mass is 298 g/mol. The Morgan fingerprint density at radius 3 is 2.68 bits per heavy atom. The topological polar surface area (TPSA) is 44.1 Å². The van der Waals surface area contributed by atoms with Crippen LogP contribution in [0.3, 0.4) is 0 Å². The number of benzene rings is 1. The summed E-state index contributed by atoms with van der Waals surface area (Å²) in [6.07, 6.45) is 10.1. The van der Waals surface area contributed by atoms with E-state index in [4.69, 9.17) is 4.74 Å². The van der Waals surface area contributed by atoms with Gasteiger partial charge in [0.25, 0.3) is 0 Å². The number of allylic oxidation sites excluding steroid dienone is 1. The molecular weight excluding hydrogens is 276 g/mol. The van der Waals surface area contributed by atoms with Crippen LogP contribution >= 0.6 is 0 Å². The van der Waals surface area contributed by atoms with E-state index in [1.165, 1.54) is 12.8 Å². The van der Waals surface area contributed by atoms with E-state index in [0.717, 1.165) is 24.3 Å². The molecule has 1 heterocycles. The number of nitrogens with zero attached hydrogens (tertiary/aromatic N) is 2. The third-order valence-electron chi connectivity index (χ3n) is 3.31. The molecule has 0 amide bonds. The molecule has 0 N–H and O–H groups in total. The van der Waals surface area contributed by atoms with Gasteiger partial charge in [-0.25, -0.2) is 0 Å². The maximum Gasteiger partial charge on any atom is 0.189 e. The lowest BCUT2D eigenvalue weighted by molar-refractivity contribution is 0.104. The van der Waals surface area contributed by atoms with Gasteiger partial charge in [0.05, 0.1) is 18.4 Å². The number of ketones is 1. The predicted octanol–water partition coefficient (Wildman–Crippen LogP) is 3.89. The molecule has 0 atom stereocenters. The highest BCUT2D eigenvalue weighted by Crippen LogP contribution is 2.14. The maximum absolute atomic E-state index is 11.9. The van der Waals surface area contributed by atoms with Crippen LogP contribution in [-0.2, 0) is 7.05 Å². The molecule has 4 heteroatoms. The SMILES string of the molecule is CCCCCOc1ccc(/C=C/C(=O)c2cnn(C)c2)cc1. The maximum atomic E-state index is 11.9. The summed E-state index contributed by atoms with van der Waals surface area (Å²) in [5.41, 5.74) is 1.56. The summed E-state index contributed by atoms with van der Waals surface area (Å²) in [5, 5.41) is 3.99. The quantitative estimate of drug-likeness (QED) is 0.422. The standard InChI is InChI=1S/C18H22N2O2/c1-3-4-5-12-22-17-9-6-15(7-10-17)8-11-18(21)16-13-19-20(2)14-16/h6-11,13-14H,3-5,12H2,1-2H3/b11-8+. The summed E-state index contributed by atoms with van der Waals surface area (Å²) in [6.45, 7) is 2.93. The van der Waals surface area contributed by atoms with Gasteiger partial charge < -0.3 is 4.74 Å². The van der Waals surface area contributed by atoms with Crippen LogP contribution in [0.1, 0.15) is 42.1 Å². The second kappa shape index (κ2) is 8.17. The van der Waals surface area contributed by atoms with Gasteiger partial charge in [0.1, 0.15) is 5.75 Å². The van der Waals surface area contributed by atoms with Crippen LogP contribution in [0, 0.1) is 0 Å². The summed E-state index contributed by atoms with van der Waals surface area (Å²) in [6, 6.07) is 7.75. The summed E-state index contributed by atoms with van der Waals surface area (Å²) in [4.78, 5) is 11.9. The third kappa shape index (κ3) is 4.88. The molecule has 0 aliphatic rings. The molecule has 2 rings (SSSR count). The molecule has 0 aliphatic carbocycles. The fourth-order valence-corrected chi connectivity index (χ4v) is 2.03. The van der Waals surface area contributed by atoms with Crippen molar-refractivity contribution in [3.63, 3.8) is 0 Å². The Morgan fingerprint density at radius 1 is 1.27 bits per heavy atom. The summed E-state index contributed by atoms with van der Waals surface area (Å²) in [7, 11) is 1.79. The van der Waals surface area contributed by atoms with Crippen molar-refractivity contribution in [3.05, 3.63) is 53.9 Å². The van der Waals surface area contributed by atoms with Gasteiger partial charge in [-0.05, 0) is 30.2 Å². The van der Waals surface area contributed by atoms with Crippen molar-refractivity contribution in [1.82, 2.24) is 9.78 Å². The Bertz CT molecular complexity index is 627. The second-order valence-corrected chi connectivity index (χ2v) is 5.22. The number of ether oxygens (including phenoxy) is 1. The van der Waals surface area contributed by atoms with Gasteiger partial charge in [-0.2, -0.15) is 5.10 Å². The van der Waals surface area contributed by atoms with Gasteiger partial charge in [-0.3, -0.25) is 9.48 Å². The predicted molar refractivity (Wildman–Crippen MR) is 88.0 cm³/mol. The van der Waals surface area contributed by atoms with Crippen molar-refractivity contribution < 1.29 is 9.53 Å². The lowest BCUT2D eigenvalue weighted by Crippen LogP contribution is -1.96. The minimum atomic E-state index is -0.0482. The molecule has 0 fully saturated rings. The Labute approximate surface area is 131 Å². The number of rotatable bonds is 8. The zero-order valence-corrected chi connectivity index (χ0v) is 13.2. The highest BCUT2D eigenvalue weighted by Gasteiger charge is 2.03. The number of carbonyl (C=O) groups is 1. The van der Waals surface area contributed by atoms with Crippen LogP contribution in [0.25, 0.3) is 6.08 Å². The highest BCUT2D eigenvalue weighted by molar-refractivity contribution is 6.06. The Hall–Kier alpha value is -2.36. The molecule has 1 aromatic heterocycles. The molecule has 0 unspecified atom stereocenters. The van der Waals surface area contributed by atoms with Crippen LogP contribution in [0.2, 0.25) is 0 Å². The van der Waals surface area contributed by atoms with Crippen molar-refractivity contribution in [3.8, 4) is 5.75 Å². The molecule has 0 saturated carbocycles. The van der Waals surface area contributed by atoms with Crippen molar-refractivity contribution in [2.24, 2.45) is 7.05 Å². The summed E-state index contributed by atoms with van der Waals surface area (Å²) < 4.78 is 7.28. The lowest BCUT2D eigenvalue weighted by Gasteiger charge is -2.05. The van der Waals surface area contributed by atoms with Gasteiger partial charge in [-0.15, -0.1) is 0 Å². The highest BCUT2D eigenvalue weighted by atomic mass is 16.5. The molecule has 0 spiro atoms. The van der Waals surface area contributed by atoms with Crippen LogP contribution in [0.5, 0.6) is 5.75 Å². The average Bonchev–Trinajstić information content (AvgIpc) is 2.97. The first-order chi connectivity index (χ1) is 10.7. The number of hydrogen-bond acceptors (Lipinski definition) is 3. The van der Waals surface area contributed by atoms with E-state index in [-0.39, 0.29) is 5.78 Å². The normalized spacial score (nSPS) is 11.0. The van der Waals surface area contributed by atoms with E-state index < -0.39 is 0 Å². The first-order valence-corrected chi connectivity index (χ1v) is 7.63. The fourth-order valence-electron chi connectivity index (χ4n) is 2.03. The Balaban J connectivity index is 1.87. The Kier molecular flexibility index (Phi) is 5.95. The van der Waals surface area contributed by atoms with E-state index in [0.29, 0.717) is 5.56 Å². The smallest absolute Gasteiger partial charge is 0.189 e. The van der Waals surface area contributed by atoms with Crippen LogP contribution in [-0.4, -0.2) is 22.2 Å². The van der Waals surface area contributed by atoms with Gasteiger partial charge in [0, 0.05) is 13.2 Å². The van der Waals surface area contributed by atoms with E-state index in [1.807, 2.05) is 24.3 Å². The number of unbranched alkanes of at least 4 members (excludes halogenated alkanes) is 2. The molecule has 0 radical (unpaired) electrons. The van der Waals surface area contributed by atoms with Crippen LogP contribution < -0.4 is 4.74 Å². The zero-order chi connectivity index (χ0) is 15.8. The lowest BCUT2D eigenvalue weighted by atomic mass is 10.1. The van der Waals surface area contributed by atoms with Crippen molar-refractivity contribution in [1.29, 1.82) is 0 Å². The largest absolute Gasteiger partial charge is 0.494 e. The first-order valence-electron chi connectivity index (χ1n) is 7.63. The van der Waals surface area contributed by atoms with Gasteiger partial charge in [0.2, 0.25) is 0 Å². The zero-order valence-electron chi connectivity index (χ0n) is 13.2.